The number of amides is 1. The number of allylic oxidation sites excluding steroid dienone is 1. The Bertz CT molecular complexity index is 1600. The predicted octanol–water partition coefficient (Wildman–Crippen LogP) is 5.06. The summed E-state index contributed by atoms with van der Waals surface area (Å²) >= 11 is 8.79. The molecule has 0 saturated carbocycles. The van der Waals surface area contributed by atoms with Gasteiger partial charge in [0.05, 0.1) is 36.0 Å². The second-order valence-electron chi connectivity index (χ2n) is 9.36. The molecule has 44 heavy (non-hydrogen) atoms. The first-order chi connectivity index (χ1) is 21.2. The molecule has 13 heteroatoms. The highest BCUT2D eigenvalue weighted by Gasteiger charge is 2.32. The minimum Gasteiger partial charge on any atom is -0.493 e. The van der Waals surface area contributed by atoms with Crippen molar-refractivity contribution in [1.29, 1.82) is 0 Å². The maximum Gasteiger partial charge on any atom is 0.338 e. The topological polar surface area (TPSA) is 120 Å². The van der Waals surface area contributed by atoms with Crippen LogP contribution in [0.25, 0.3) is 0 Å². The quantitative estimate of drug-likeness (QED) is 0.104. The number of hydrazone groups is 1. The molecule has 0 spiro atoms. The smallest absolute Gasteiger partial charge is 0.338 e. The van der Waals surface area contributed by atoms with Crippen molar-refractivity contribution in [1.82, 2.24) is 16.1 Å². The highest BCUT2D eigenvalue weighted by molar-refractivity contribution is 9.10. The Labute approximate surface area is 267 Å². The number of thiocarbonyl (C=S) groups is 1. The summed E-state index contributed by atoms with van der Waals surface area (Å²) < 4.78 is 36.2. The number of carbonyl (C=O) groups excluding carboxylic acids is 2. The molecular weight excluding hydrogens is 655 g/mol. The third-order valence-electron chi connectivity index (χ3n) is 6.30. The first-order valence-electron chi connectivity index (χ1n) is 13.4. The maximum absolute atomic E-state index is 13.2. The number of methoxy groups -OCH3 is 1. The third-order valence-corrected chi connectivity index (χ3v) is 7.11. The second kappa shape index (κ2) is 15.3. The Hall–Kier alpha value is -4.49. The van der Waals surface area contributed by atoms with Crippen LogP contribution < -0.4 is 30.3 Å². The number of halogens is 2. The predicted molar refractivity (Wildman–Crippen MR) is 170 cm³/mol. The molecule has 0 aromatic heterocycles. The highest BCUT2D eigenvalue weighted by atomic mass is 79.9. The Balaban J connectivity index is 1.39. The third kappa shape index (κ3) is 8.32. The van der Waals surface area contributed by atoms with Gasteiger partial charge < -0.3 is 29.6 Å². The van der Waals surface area contributed by atoms with Crippen molar-refractivity contribution in [2.75, 3.05) is 20.3 Å². The van der Waals surface area contributed by atoms with Crippen molar-refractivity contribution < 1.29 is 32.9 Å². The molecule has 0 saturated heterocycles. The van der Waals surface area contributed by atoms with Gasteiger partial charge in [-0.25, -0.2) is 14.6 Å². The summed E-state index contributed by atoms with van der Waals surface area (Å²) in [5, 5.41) is 10.4. The number of nitrogens with one attached hydrogen (secondary N) is 3. The summed E-state index contributed by atoms with van der Waals surface area (Å²) in [6, 6.07) is 15.8. The molecule has 0 aliphatic carbocycles. The van der Waals surface area contributed by atoms with E-state index in [1.807, 2.05) is 0 Å². The lowest BCUT2D eigenvalue weighted by atomic mass is 9.95. The highest BCUT2D eigenvalue weighted by Crippen LogP contribution is 2.37. The summed E-state index contributed by atoms with van der Waals surface area (Å²) in [6.45, 7) is 3.55. The average Bonchev–Trinajstić information content (AvgIpc) is 3.00. The lowest BCUT2D eigenvalue weighted by molar-refractivity contribution is -0.139. The summed E-state index contributed by atoms with van der Waals surface area (Å²) in [4.78, 5) is 25.3. The molecule has 0 bridgehead atoms. The minimum atomic E-state index is -0.642. The molecule has 0 radical (unpaired) electrons. The van der Waals surface area contributed by atoms with Crippen LogP contribution in [-0.2, 0) is 20.9 Å². The molecule has 0 fully saturated rings. The van der Waals surface area contributed by atoms with Gasteiger partial charge in [-0.2, -0.15) is 5.10 Å². The SMILES string of the molecule is CCOC(=O)C1=C(C)NC(=S)N[C@@H]1c1ccccc1OCC(=O)NN=Cc1cc(Br)c(OCc2ccc(F)cc2)c(OC)c1. The molecule has 1 heterocycles. The van der Waals surface area contributed by atoms with Crippen molar-refractivity contribution in [3.05, 3.63) is 98.9 Å². The molecule has 0 unspecified atom stereocenters. The fourth-order valence-corrected chi connectivity index (χ4v) is 5.15. The number of benzene rings is 3. The number of rotatable bonds is 12. The summed E-state index contributed by atoms with van der Waals surface area (Å²) in [6.07, 6.45) is 1.45. The number of hydrogen-bond acceptors (Lipinski definition) is 8. The Kier molecular flexibility index (Phi) is 11.3. The van der Waals surface area contributed by atoms with Crippen molar-refractivity contribution >= 4 is 51.4 Å². The van der Waals surface area contributed by atoms with Crippen LogP contribution in [0.3, 0.4) is 0 Å². The van der Waals surface area contributed by atoms with Crippen LogP contribution in [0.4, 0.5) is 4.39 Å². The lowest BCUT2D eigenvalue weighted by Gasteiger charge is -2.30. The van der Waals surface area contributed by atoms with Crippen LogP contribution in [0.2, 0.25) is 0 Å². The van der Waals surface area contributed by atoms with Crippen LogP contribution in [0, 0.1) is 5.82 Å². The van der Waals surface area contributed by atoms with E-state index in [9.17, 15) is 14.0 Å². The standard InChI is InChI=1S/C31H30BrFN4O6S/c1-4-41-30(39)27-18(2)35-31(44)36-28(27)22-7-5-6-8-24(22)42-17-26(38)37-34-15-20-13-23(32)29(25(14-20)40-3)43-16-19-9-11-21(33)12-10-19/h5-15,28H,4,16-17H2,1-3H3,(H,37,38)(H2,35,36,44)/t28-/m1/s1. The summed E-state index contributed by atoms with van der Waals surface area (Å²) in [5.41, 5.74) is 5.38. The summed E-state index contributed by atoms with van der Waals surface area (Å²) in [5.74, 6) is -0.0378. The monoisotopic (exact) mass is 684 g/mol. The number of para-hydroxylation sites is 1. The largest absolute Gasteiger partial charge is 0.493 e. The van der Waals surface area contributed by atoms with Crippen molar-refractivity contribution in [3.8, 4) is 17.2 Å². The number of nitrogens with zero attached hydrogens (tertiary/aromatic N) is 1. The number of ether oxygens (including phenoxy) is 4. The van der Waals surface area contributed by atoms with E-state index < -0.39 is 17.9 Å². The van der Waals surface area contributed by atoms with Crippen LogP contribution >= 0.6 is 28.1 Å². The molecular formula is C31H30BrFN4O6S. The summed E-state index contributed by atoms with van der Waals surface area (Å²) in [7, 11) is 1.50. The number of carbonyl (C=O) groups is 2. The minimum absolute atomic E-state index is 0.211. The fraction of sp³-hybridized carbons (Fsp3) is 0.226. The first kappa shape index (κ1) is 32.4. The van der Waals surface area contributed by atoms with Gasteiger partial charge in [0.1, 0.15) is 18.2 Å². The molecule has 3 N–H and O–H groups in total. The van der Waals surface area contributed by atoms with E-state index in [-0.39, 0.29) is 25.6 Å². The van der Waals surface area contributed by atoms with Crippen LogP contribution in [0.15, 0.2) is 81.5 Å². The normalized spacial score (nSPS) is 14.5. The zero-order valence-corrected chi connectivity index (χ0v) is 26.5. The first-order valence-corrected chi connectivity index (χ1v) is 14.6. The van der Waals surface area contributed by atoms with Crippen molar-refractivity contribution in [2.24, 2.45) is 5.10 Å². The van der Waals surface area contributed by atoms with Gasteiger partial charge >= 0.3 is 5.97 Å². The molecule has 1 atom stereocenters. The van der Waals surface area contributed by atoms with Gasteiger partial charge in [0.2, 0.25) is 0 Å². The van der Waals surface area contributed by atoms with Crippen LogP contribution in [0.5, 0.6) is 17.2 Å². The molecule has 3 aromatic rings. The van der Waals surface area contributed by atoms with Crippen molar-refractivity contribution in [3.63, 3.8) is 0 Å². The zero-order valence-electron chi connectivity index (χ0n) is 24.1. The molecule has 4 rings (SSSR count). The lowest BCUT2D eigenvalue weighted by Crippen LogP contribution is -2.45. The second-order valence-corrected chi connectivity index (χ2v) is 10.6. The van der Waals surface area contributed by atoms with Gasteiger partial charge in [-0.3, -0.25) is 4.79 Å². The molecule has 1 aliphatic heterocycles. The Morgan fingerprint density at radius 1 is 1.11 bits per heavy atom. The molecule has 3 aromatic carbocycles. The van der Waals surface area contributed by atoms with E-state index in [1.165, 1.54) is 25.5 Å². The van der Waals surface area contributed by atoms with Gasteiger partial charge in [-0.05, 0) is 83.5 Å². The van der Waals surface area contributed by atoms with Crippen LogP contribution in [-0.4, -0.2) is 43.5 Å². The maximum atomic E-state index is 13.2. The van der Waals surface area contributed by atoms with Gasteiger partial charge in [-0.15, -0.1) is 0 Å². The van der Waals surface area contributed by atoms with Gasteiger partial charge in [0.15, 0.2) is 23.2 Å². The van der Waals surface area contributed by atoms with Crippen molar-refractivity contribution in [2.45, 2.75) is 26.5 Å². The van der Waals surface area contributed by atoms with Gasteiger partial charge in [0.25, 0.3) is 5.91 Å². The Morgan fingerprint density at radius 3 is 2.59 bits per heavy atom. The zero-order chi connectivity index (χ0) is 31.6. The number of hydrogen-bond donors (Lipinski definition) is 3. The van der Waals surface area contributed by atoms with E-state index >= 15 is 0 Å². The van der Waals surface area contributed by atoms with E-state index in [2.05, 4.69) is 37.1 Å². The molecule has 1 aliphatic rings. The van der Waals surface area contributed by atoms with E-state index in [0.29, 0.717) is 49.2 Å². The van der Waals surface area contributed by atoms with Crippen LogP contribution in [0.1, 0.15) is 36.6 Å². The van der Waals surface area contributed by atoms with E-state index in [0.717, 1.165) is 5.56 Å². The van der Waals surface area contributed by atoms with E-state index in [4.69, 9.17) is 31.2 Å². The molecule has 1 amide bonds. The molecule has 230 valence electrons. The molecule has 10 nitrogen and oxygen atoms in total. The van der Waals surface area contributed by atoms with E-state index in [1.54, 1.807) is 62.4 Å². The Morgan fingerprint density at radius 2 is 1.86 bits per heavy atom. The number of esters is 1. The van der Waals surface area contributed by atoms with Gasteiger partial charge in [0, 0.05) is 11.3 Å². The fourth-order valence-electron chi connectivity index (χ4n) is 4.30. The van der Waals surface area contributed by atoms with Gasteiger partial charge in [-0.1, -0.05) is 30.3 Å². The average molecular weight is 686 g/mol.